The summed E-state index contributed by atoms with van der Waals surface area (Å²) < 4.78 is 21.2. The van der Waals surface area contributed by atoms with Crippen molar-refractivity contribution in [3.63, 3.8) is 0 Å². The van der Waals surface area contributed by atoms with Crippen molar-refractivity contribution in [2.45, 2.75) is 39.9 Å². The molecule has 0 spiro atoms. The standard InChI is InChI=1S/C28H30O6/c1-5-31-27(29)19(3)33-25-15-11-23(12-16-25)21-7-9-22(10-8-21)24-13-17-26(18-14-24)34-20(4)28(30)32-6-2/h7-20H,5-6H2,1-4H3/t19-,20-/m0/s1. The van der Waals surface area contributed by atoms with E-state index in [2.05, 4.69) is 24.3 Å². The molecule has 0 radical (unpaired) electrons. The van der Waals surface area contributed by atoms with E-state index in [-0.39, 0.29) is 11.9 Å². The zero-order valence-electron chi connectivity index (χ0n) is 19.9. The zero-order chi connectivity index (χ0) is 24.5. The summed E-state index contributed by atoms with van der Waals surface area (Å²) in [5.41, 5.74) is 4.22. The lowest BCUT2D eigenvalue weighted by Crippen LogP contribution is -2.25. The molecule has 0 bridgehead atoms. The van der Waals surface area contributed by atoms with E-state index in [1.54, 1.807) is 27.7 Å². The van der Waals surface area contributed by atoms with Crippen molar-refractivity contribution in [3.05, 3.63) is 72.8 Å². The monoisotopic (exact) mass is 462 g/mol. The fourth-order valence-corrected chi connectivity index (χ4v) is 3.33. The van der Waals surface area contributed by atoms with Crippen molar-refractivity contribution in [3.8, 4) is 33.8 Å². The van der Waals surface area contributed by atoms with E-state index in [1.807, 2.05) is 48.5 Å². The van der Waals surface area contributed by atoms with E-state index < -0.39 is 12.2 Å². The van der Waals surface area contributed by atoms with Gasteiger partial charge in [0.1, 0.15) is 11.5 Å². The minimum atomic E-state index is -0.657. The molecule has 3 aromatic rings. The number of carbonyl (C=O) groups excluding carboxylic acids is 2. The molecule has 0 N–H and O–H groups in total. The summed E-state index contributed by atoms with van der Waals surface area (Å²) in [6.45, 7) is 7.53. The predicted octanol–water partition coefficient (Wildman–Crippen LogP) is 5.68. The second-order valence-corrected chi connectivity index (χ2v) is 7.65. The van der Waals surface area contributed by atoms with Crippen LogP contribution in [0.25, 0.3) is 22.3 Å². The number of ether oxygens (including phenoxy) is 4. The summed E-state index contributed by atoms with van der Waals surface area (Å²) in [6.07, 6.45) is -1.31. The van der Waals surface area contributed by atoms with Crippen LogP contribution in [0.5, 0.6) is 11.5 Å². The van der Waals surface area contributed by atoms with E-state index >= 15 is 0 Å². The maximum atomic E-state index is 11.7. The smallest absolute Gasteiger partial charge is 0.347 e. The number of benzene rings is 3. The van der Waals surface area contributed by atoms with Gasteiger partial charge < -0.3 is 18.9 Å². The third-order valence-electron chi connectivity index (χ3n) is 5.12. The van der Waals surface area contributed by atoms with Crippen LogP contribution in [0.15, 0.2) is 72.8 Å². The number of carbonyl (C=O) groups is 2. The van der Waals surface area contributed by atoms with Crippen LogP contribution < -0.4 is 9.47 Å². The Labute approximate surface area is 200 Å². The molecule has 6 heteroatoms. The third-order valence-corrected chi connectivity index (χ3v) is 5.12. The Morgan fingerprint density at radius 2 is 0.824 bits per heavy atom. The molecule has 0 unspecified atom stereocenters. The second-order valence-electron chi connectivity index (χ2n) is 7.65. The fraction of sp³-hybridized carbons (Fsp3) is 0.286. The highest BCUT2D eigenvalue weighted by molar-refractivity contribution is 5.75. The molecular formula is C28H30O6. The van der Waals surface area contributed by atoms with Crippen molar-refractivity contribution >= 4 is 11.9 Å². The maximum Gasteiger partial charge on any atom is 0.347 e. The van der Waals surface area contributed by atoms with Gasteiger partial charge in [-0.05, 0) is 74.2 Å². The molecule has 0 aromatic heterocycles. The number of rotatable bonds is 10. The molecule has 0 heterocycles. The molecule has 3 rings (SSSR count). The SMILES string of the molecule is CCOC(=O)[C@H](C)Oc1ccc(-c2ccc(-c3ccc(O[C@@H](C)C(=O)OCC)cc3)cc2)cc1. The quantitative estimate of drug-likeness (QED) is 0.361. The molecule has 0 aliphatic carbocycles. The molecule has 0 saturated heterocycles. The van der Waals surface area contributed by atoms with Crippen molar-refractivity contribution in [2.75, 3.05) is 13.2 Å². The molecule has 6 nitrogen and oxygen atoms in total. The highest BCUT2D eigenvalue weighted by Crippen LogP contribution is 2.28. The predicted molar refractivity (Wildman–Crippen MR) is 131 cm³/mol. The summed E-state index contributed by atoms with van der Waals surface area (Å²) in [5.74, 6) is 0.464. The highest BCUT2D eigenvalue weighted by atomic mass is 16.6. The first-order chi connectivity index (χ1) is 16.4. The molecule has 0 fully saturated rings. The van der Waals surface area contributed by atoms with E-state index in [0.717, 1.165) is 22.3 Å². The van der Waals surface area contributed by atoms with Gasteiger partial charge in [0.25, 0.3) is 0 Å². The van der Waals surface area contributed by atoms with Crippen LogP contribution >= 0.6 is 0 Å². The maximum absolute atomic E-state index is 11.7. The lowest BCUT2D eigenvalue weighted by molar-refractivity contribution is -0.151. The summed E-state index contributed by atoms with van der Waals surface area (Å²) in [7, 11) is 0. The molecule has 178 valence electrons. The van der Waals surface area contributed by atoms with Gasteiger partial charge in [-0.2, -0.15) is 0 Å². The van der Waals surface area contributed by atoms with Crippen LogP contribution in [0.1, 0.15) is 27.7 Å². The Morgan fingerprint density at radius 3 is 1.09 bits per heavy atom. The minimum Gasteiger partial charge on any atom is -0.479 e. The first-order valence-electron chi connectivity index (χ1n) is 11.4. The molecule has 2 atom stereocenters. The number of esters is 2. The normalized spacial score (nSPS) is 12.4. The van der Waals surface area contributed by atoms with Gasteiger partial charge >= 0.3 is 11.9 Å². The Hall–Kier alpha value is -3.80. The van der Waals surface area contributed by atoms with Crippen molar-refractivity contribution < 1.29 is 28.5 Å². The summed E-state index contributed by atoms with van der Waals surface area (Å²) in [5, 5.41) is 0. The highest BCUT2D eigenvalue weighted by Gasteiger charge is 2.16. The summed E-state index contributed by atoms with van der Waals surface area (Å²) in [6, 6.07) is 23.4. The van der Waals surface area contributed by atoms with Crippen LogP contribution in [0, 0.1) is 0 Å². The van der Waals surface area contributed by atoms with E-state index in [4.69, 9.17) is 18.9 Å². The van der Waals surface area contributed by atoms with E-state index in [0.29, 0.717) is 24.7 Å². The average Bonchev–Trinajstić information content (AvgIpc) is 2.85. The van der Waals surface area contributed by atoms with Gasteiger partial charge in [0.2, 0.25) is 0 Å². The topological polar surface area (TPSA) is 71.1 Å². The minimum absolute atomic E-state index is 0.327. The average molecular weight is 463 g/mol. The number of hydrogen-bond donors (Lipinski definition) is 0. The molecule has 3 aromatic carbocycles. The van der Waals surface area contributed by atoms with Gasteiger partial charge in [-0.15, -0.1) is 0 Å². The molecule has 0 saturated carbocycles. The van der Waals surface area contributed by atoms with E-state index in [9.17, 15) is 9.59 Å². The van der Waals surface area contributed by atoms with Crippen molar-refractivity contribution in [1.29, 1.82) is 0 Å². The van der Waals surface area contributed by atoms with Gasteiger partial charge in [-0.3, -0.25) is 0 Å². The molecule has 34 heavy (non-hydrogen) atoms. The second kappa shape index (κ2) is 11.9. The fourth-order valence-electron chi connectivity index (χ4n) is 3.33. The van der Waals surface area contributed by atoms with Crippen molar-refractivity contribution in [1.82, 2.24) is 0 Å². The summed E-state index contributed by atoms with van der Waals surface area (Å²) in [4.78, 5) is 23.5. The molecule has 0 amide bonds. The third kappa shape index (κ3) is 6.61. The number of hydrogen-bond acceptors (Lipinski definition) is 6. The Balaban J connectivity index is 1.62. The van der Waals surface area contributed by atoms with E-state index in [1.165, 1.54) is 0 Å². The molecule has 0 aliphatic heterocycles. The Morgan fingerprint density at radius 1 is 0.559 bits per heavy atom. The Bertz CT molecular complexity index is 983. The molecule has 0 aliphatic rings. The van der Waals surface area contributed by atoms with Crippen molar-refractivity contribution in [2.24, 2.45) is 0 Å². The largest absolute Gasteiger partial charge is 0.479 e. The van der Waals surface area contributed by atoms with Gasteiger partial charge in [0.15, 0.2) is 12.2 Å². The van der Waals surface area contributed by atoms with Crippen LogP contribution in [0.2, 0.25) is 0 Å². The first-order valence-corrected chi connectivity index (χ1v) is 11.4. The Kier molecular flexibility index (Phi) is 8.68. The first kappa shape index (κ1) is 24.8. The van der Waals surface area contributed by atoms with Gasteiger partial charge in [-0.25, -0.2) is 9.59 Å². The lowest BCUT2D eigenvalue weighted by atomic mass is 10.0. The van der Waals surface area contributed by atoms with Gasteiger partial charge in [0, 0.05) is 0 Å². The summed E-state index contributed by atoms with van der Waals surface area (Å²) >= 11 is 0. The van der Waals surface area contributed by atoms with Crippen LogP contribution in [0.3, 0.4) is 0 Å². The van der Waals surface area contributed by atoms with Gasteiger partial charge in [0.05, 0.1) is 13.2 Å². The lowest BCUT2D eigenvalue weighted by Gasteiger charge is -2.14. The van der Waals surface area contributed by atoms with Gasteiger partial charge in [-0.1, -0.05) is 48.5 Å². The molecular weight excluding hydrogens is 432 g/mol. The van der Waals surface area contributed by atoms with Crippen LogP contribution in [-0.2, 0) is 19.1 Å². The van der Waals surface area contributed by atoms with Crippen LogP contribution in [0.4, 0.5) is 0 Å². The zero-order valence-corrected chi connectivity index (χ0v) is 19.9. The van der Waals surface area contributed by atoms with Crippen LogP contribution in [-0.4, -0.2) is 37.4 Å².